The molecule has 8 saturated carbocycles. The van der Waals surface area contributed by atoms with Crippen molar-refractivity contribution < 1.29 is 109 Å². The number of nitrogens with zero attached hydrogens (tertiary/aromatic N) is 5. The summed E-state index contributed by atoms with van der Waals surface area (Å²) in [6, 6.07) is 30.3. The fourth-order valence-electron chi connectivity index (χ4n) is 21.7. The zero-order valence-electron chi connectivity index (χ0n) is 82.6. The Balaban J connectivity index is 0.000000264. The number of aliphatic imine (C=N–C) groups is 4. The zero-order chi connectivity index (χ0) is 96.6. The predicted molar refractivity (Wildman–Crippen MR) is 566 cm³/mol. The monoisotopic (exact) mass is 2310 g/mol. The van der Waals surface area contributed by atoms with E-state index in [9.17, 15) is 30.5 Å². The van der Waals surface area contributed by atoms with E-state index in [2.05, 4.69) is 101 Å². The molecular formula is C111H169Cl8N5O6Zr4. The number of benzene rings is 5. The molecule has 23 heteroatoms. The summed E-state index contributed by atoms with van der Waals surface area (Å²) in [6.07, 6.45) is 84.1. The summed E-state index contributed by atoms with van der Waals surface area (Å²) in [5.74, 6) is 6.41. The maximum atomic E-state index is 11.7. The maximum absolute atomic E-state index is 11.7. The Morgan fingerprint density at radius 1 is 0.306 bits per heavy atom. The Hall–Kier alpha value is -0.768. The van der Waals surface area contributed by atoms with Crippen LogP contribution in [-0.4, -0.2) is 74.4 Å². The molecule has 8 fully saturated rings. The van der Waals surface area contributed by atoms with Crippen molar-refractivity contribution in [3.63, 3.8) is 0 Å². The Labute approximate surface area is 887 Å². The molecule has 0 saturated heterocycles. The van der Waals surface area contributed by atoms with Crippen molar-refractivity contribution in [2.75, 3.05) is 0 Å². The van der Waals surface area contributed by atoms with E-state index in [-0.39, 0.29) is 28.3 Å². The van der Waals surface area contributed by atoms with E-state index in [1.807, 2.05) is 24.7 Å². The van der Waals surface area contributed by atoms with Gasteiger partial charge in [0.1, 0.15) is 23.0 Å². The molecule has 0 heterocycles. The van der Waals surface area contributed by atoms with Crippen LogP contribution in [0.25, 0.3) is 11.1 Å². The first kappa shape index (κ1) is 122. The number of aryl methyl sites for hydroxylation is 1. The van der Waals surface area contributed by atoms with Crippen LogP contribution in [0.4, 0.5) is 5.69 Å². The number of phenolic OH excluding ortho intramolecular Hbond substituents is 4. The van der Waals surface area contributed by atoms with Gasteiger partial charge in [-0.3, -0.25) is 30.1 Å². The second-order valence-corrected chi connectivity index (χ2v) is 55.3. The van der Waals surface area contributed by atoms with Crippen molar-refractivity contribution in [3.05, 3.63) is 145 Å². The number of hydrogen-bond donors (Lipinski definition) is 4. The number of non-ortho nitro benzene ring substituents is 1. The Morgan fingerprint density at radius 3 is 0.970 bits per heavy atom. The van der Waals surface area contributed by atoms with Crippen LogP contribution in [0.1, 0.15) is 487 Å². The number of nitro benzene ring substituents is 1. The molecule has 0 spiro atoms. The zero-order valence-corrected chi connectivity index (χ0v) is 98.5. The molecule has 0 aliphatic heterocycles. The summed E-state index contributed by atoms with van der Waals surface area (Å²) in [4.78, 5) is 30.8. The van der Waals surface area contributed by atoms with Crippen molar-refractivity contribution in [2.24, 2.45) is 43.6 Å². The molecule has 2 atom stereocenters. The van der Waals surface area contributed by atoms with Gasteiger partial charge in [0.2, 0.25) is 0 Å². The minimum absolute atomic E-state index is 0.0673. The first-order valence-electron chi connectivity index (χ1n) is 52.9. The standard InChI is InChI=1S/C32H45NO.C27H43NO.C26H40N2O3.C26H41NO.8ClH.4Zr/c1-25-18-20-28(21-19-25)33-24-31-29(26-14-12-9-13-15-26)22-23-30(32(31)34)27-16-10-7-5-3-2-4-6-8-11-17-27;1-21-14-17-24(18-15-21)28-20-26-22(2)16-19-25(27(26)29)23-12-10-8-6-4-3-5-7-9-11-13-23;1-20-13-15-23(16-14-20)27-19-22-17-24(28(30)31)18-25(26(22)29)21-11-9-7-5-3-2-4-6-8-10-12-21;1-21-14-11-12-19-25(21)27-20-23-17-13-18-24(26(23)28)22-15-9-7-5-3-2-4-6-8-10-16-22;;;;;;;;;;;;/h9,12-15,22-25,27-28,34H,2-8,10-11,16-21H2,1H3;16,19-21,23-24,29H,3-15,17-18H2,1-2H3;17-21,23,29H,2-16H2,1H3;13,17-18,20-22,25,28H,2-12,14-16,19H2,1H3;8*1H;;;;/q;;;;;;;;;;;;4*+2/p-8. The Bertz CT molecular complexity index is 3960. The SMILES string of the molecule is CC1CCC(N=Cc2c(-c3ccccc3)ccc(C3CCCCCCCCCCC3)c2O)CC1.CC1CCC(N=Cc2cc([N+](=O)[O-])cc(C3CCCCCCCCCCC3)c2O)CC1.CC1CCCCC1N=Cc1cccc(C2CCCCCCCCCCC2)c1O.Cc1ccc(C2CCCCCCCCCCC2)c(O)c1C=NC1CCC(C)CC1.[Cl][Zr][Cl].[Cl][Zr][Cl].[Cl][Zr][Cl].[Cl][Zr][Cl]. The van der Waals surface area contributed by atoms with Gasteiger partial charge < -0.3 is 20.4 Å². The fourth-order valence-corrected chi connectivity index (χ4v) is 21.7. The van der Waals surface area contributed by atoms with E-state index < -0.39 is 83.4 Å². The molecule has 0 amide bonds. The van der Waals surface area contributed by atoms with Gasteiger partial charge in [-0.25, -0.2) is 0 Å². The minimum atomic E-state index is -0.826. The van der Waals surface area contributed by atoms with E-state index in [0.29, 0.717) is 64.6 Å². The van der Waals surface area contributed by atoms with E-state index in [0.717, 1.165) is 106 Å². The van der Waals surface area contributed by atoms with Crippen LogP contribution >= 0.6 is 68.1 Å². The summed E-state index contributed by atoms with van der Waals surface area (Å²) >= 11 is -3.30. The van der Waals surface area contributed by atoms with Crippen LogP contribution in [-0.2, 0) is 83.4 Å². The van der Waals surface area contributed by atoms with Gasteiger partial charge in [-0.15, -0.1) is 0 Å². The molecule has 13 rings (SSSR count). The number of halogens is 8. The van der Waals surface area contributed by atoms with Gasteiger partial charge in [0.15, 0.2) is 0 Å². The van der Waals surface area contributed by atoms with Crippen molar-refractivity contribution in [3.8, 4) is 34.1 Å². The van der Waals surface area contributed by atoms with E-state index in [4.69, 9.17) is 88.1 Å². The summed E-state index contributed by atoms with van der Waals surface area (Å²) in [5.41, 5.74) is 11.0. The topological polar surface area (TPSA) is 174 Å². The van der Waals surface area contributed by atoms with Crippen molar-refractivity contribution in [2.45, 2.75) is 468 Å². The average molecular weight is 2320 g/mol. The molecule has 8 aliphatic rings. The van der Waals surface area contributed by atoms with Gasteiger partial charge in [0.05, 0.1) is 11.0 Å². The van der Waals surface area contributed by atoms with Crippen molar-refractivity contribution in [1.29, 1.82) is 0 Å². The van der Waals surface area contributed by atoms with E-state index in [1.54, 1.807) is 12.3 Å². The first-order chi connectivity index (χ1) is 65.3. The van der Waals surface area contributed by atoms with Crippen LogP contribution in [0.15, 0.2) is 105 Å². The summed E-state index contributed by atoms with van der Waals surface area (Å²) in [7, 11) is 39.5. The van der Waals surface area contributed by atoms with E-state index in [1.165, 1.54) is 358 Å². The molecule has 5 aromatic rings. The number of para-hydroxylation sites is 1. The number of phenols is 4. The molecule has 746 valence electrons. The van der Waals surface area contributed by atoms with Crippen LogP contribution in [0.2, 0.25) is 0 Å². The van der Waals surface area contributed by atoms with Gasteiger partial charge in [0, 0.05) is 82.9 Å². The third-order valence-electron chi connectivity index (χ3n) is 30.1. The van der Waals surface area contributed by atoms with Gasteiger partial charge in [-0.2, -0.15) is 0 Å². The normalized spacial score (nSPS) is 23.5. The molecule has 2 unspecified atom stereocenters. The molecule has 5 aromatic carbocycles. The second-order valence-electron chi connectivity index (χ2n) is 40.4. The van der Waals surface area contributed by atoms with Crippen LogP contribution < -0.4 is 0 Å². The van der Waals surface area contributed by atoms with Crippen LogP contribution in [0, 0.1) is 40.7 Å². The third kappa shape index (κ3) is 49.4. The van der Waals surface area contributed by atoms with Crippen LogP contribution in [0.5, 0.6) is 23.0 Å². The molecule has 0 aromatic heterocycles. The van der Waals surface area contributed by atoms with Crippen LogP contribution in [0.3, 0.4) is 0 Å². The van der Waals surface area contributed by atoms with Crippen molar-refractivity contribution >= 4 is 98.6 Å². The van der Waals surface area contributed by atoms with E-state index >= 15 is 0 Å². The number of nitro groups is 1. The number of hydrogen-bond acceptors (Lipinski definition) is 10. The first-order valence-corrected chi connectivity index (χ1v) is 78.2. The van der Waals surface area contributed by atoms with Gasteiger partial charge >= 0.3 is 151 Å². The molecule has 8 aliphatic carbocycles. The molecule has 4 N–H and O–H groups in total. The Kier molecular flexibility index (Phi) is 69.8. The molecule has 0 bridgehead atoms. The predicted octanol–water partition coefficient (Wildman–Crippen LogP) is 38.5. The summed E-state index contributed by atoms with van der Waals surface area (Å²) in [6.45, 7) is 11.4. The summed E-state index contributed by atoms with van der Waals surface area (Å²) < 4.78 is 0. The second kappa shape index (κ2) is 76.8. The molecule has 134 heavy (non-hydrogen) atoms. The summed E-state index contributed by atoms with van der Waals surface area (Å²) in [5, 5.41) is 56.6. The van der Waals surface area contributed by atoms with Gasteiger partial charge in [0.25, 0.3) is 5.69 Å². The molecular weight excluding hydrogens is 2150 g/mol. The molecule has 11 nitrogen and oxygen atoms in total. The third-order valence-corrected chi connectivity index (χ3v) is 30.1. The Morgan fingerprint density at radius 2 is 0.604 bits per heavy atom. The molecule has 0 radical (unpaired) electrons. The quantitative estimate of drug-likeness (QED) is 0.0489. The van der Waals surface area contributed by atoms with Crippen molar-refractivity contribution in [1.82, 2.24) is 0 Å². The van der Waals surface area contributed by atoms with Gasteiger partial charge in [-0.05, 0) is 235 Å². The van der Waals surface area contributed by atoms with Gasteiger partial charge in [-0.1, -0.05) is 338 Å². The number of aromatic hydroxyl groups is 4. The number of rotatable bonds is 14. The fraction of sp³-hybridized carbons (Fsp3) is 0.694. The average Bonchev–Trinajstić information content (AvgIpc) is 0.778.